The highest BCUT2D eigenvalue weighted by atomic mass is 16.5. The SMILES string of the molecule is CC(=O)c1c2c(c3oc(=O)cc(C)c3c1O)C(c1ccccc1OCCc1ccccc1)CC(=O)O2. The smallest absolute Gasteiger partial charge is 0.336 e. The lowest BCUT2D eigenvalue weighted by molar-refractivity contribution is -0.135. The number of ether oxygens (including phenoxy) is 2. The number of phenols is 1. The number of carbonyl (C=O) groups is 2. The zero-order valence-corrected chi connectivity index (χ0v) is 19.9. The van der Waals surface area contributed by atoms with Crippen LogP contribution in [0.5, 0.6) is 17.2 Å². The molecule has 0 bridgehead atoms. The molecule has 182 valence electrons. The summed E-state index contributed by atoms with van der Waals surface area (Å²) in [5, 5.41) is 11.2. The standard InChI is InChI=1S/C29H24O7/c1-16-14-22(31)35-28-24(16)27(33)25(17(2)30)29-26(28)20(15-23(32)36-29)19-10-6-7-11-21(19)34-13-12-18-8-4-3-5-9-18/h3-11,14,20,33H,12-13,15H2,1-2H3. The molecule has 1 atom stereocenters. The van der Waals surface area contributed by atoms with Gasteiger partial charge in [0.05, 0.1) is 18.4 Å². The van der Waals surface area contributed by atoms with Gasteiger partial charge in [-0.3, -0.25) is 9.59 Å². The molecule has 0 amide bonds. The summed E-state index contributed by atoms with van der Waals surface area (Å²) in [6, 6.07) is 18.5. The van der Waals surface area contributed by atoms with Crippen LogP contribution < -0.4 is 15.1 Å². The van der Waals surface area contributed by atoms with E-state index in [1.165, 1.54) is 13.0 Å². The molecule has 36 heavy (non-hydrogen) atoms. The Labute approximate surface area is 206 Å². The number of benzene rings is 3. The van der Waals surface area contributed by atoms with Crippen molar-refractivity contribution in [2.24, 2.45) is 0 Å². The third kappa shape index (κ3) is 4.13. The largest absolute Gasteiger partial charge is 0.506 e. The number of carbonyl (C=O) groups excluding carboxylic acids is 2. The summed E-state index contributed by atoms with van der Waals surface area (Å²) in [7, 11) is 0. The minimum Gasteiger partial charge on any atom is -0.506 e. The van der Waals surface area contributed by atoms with Crippen molar-refractivity contribution in [2.75, 3.05) is 6.61 Å². The molecule has 0 aliphatic carbocycles. The van der Waals surface area contributed by atoms with Crippen molar-refractivity contribution >= 4 is 22.7 Å². The molecule has 2 heterocycles. The molecule has 7 heteroatoms. The van der Waals surface area contributed by atoms with E-state index in [9.17, 15) is 19.5 Å². The van der Waals surface area contributed by atoms with Crippen LogP contribution in [0.1, 0.15) is 51.9 Å². The predicted octanol–water partition coefficient (Wildman–Crippen LogP) is 5.07. The second-order valence-corrected chi connectivity index (χ2v) is 8.83. The van der Waals surface area contributed by atoms with E-state index >= 15 is 0 Å². The first kappa shape index (κ1) is 23.4. The molecule has 0 fully saturated rings. The lowest BCUT2D eigenvalue weighted by Crippen LogP contribution is -2.24. The fourth-order valence-electron chi connectivity index (χ4n) is 4.83. The van der Waals surface area contributed by atoms with Crippen molar-refractivity contribution in [3.05, 3.63) is 98.9 Å². The molecule has 1 aromatic heterocycles. The van der Waals surface area contributed by atoms with Gasteiger partial charge in [0.15, 0.2) is 11.5 Å². The van der Waals surface area contributed by atoms with Crippen LogP contribution >= 0.6 is 0 Å². The molecule has 3 aromatic carbocycles. The third-order valence-corrected chi connectivity index (χ3v) is 6.42. The van der Waals surface area contributed by atoms with Crippen molar-refractivity contribution in [3.63, 3.8) is 0 Å². The van der Waals surface area contributed by atoms with Gasteiger partial charge in [-0.2, -0.15) is 0 Å². The van der Waals surface area contributed by atoms with Crippen LogP contribution in [0.2, 0.25) is 0 Å². The second kappa shape index (κ2) is 9.34. The van der Waals surface area contributed by atoms with Crippen LogP contribution in [-0.4, -0.2) is 23.5 Å². The molecule has 0 spiro atoms. The summed E-state index contributed by atoms with van der Waals surface area (Å²) in [5.74, 6) is -1.56. The van der Waals surface area contributed by atoms with Crippen molar-refractivity contribution in [2.45, 2.75) is 32.6 Å². The fraction of sp³-hybridized carbons (Fsp3) is 0.207. The van der Waals surface area contributed by atoms with Gasteiger partial charge in [-0.25, -0.2) is 4.79 Å². The lowest BCUT2D eigenvalue weighted by atomic mass is 9.82. The zero-order chi connectivity index (χ0) is 25.4. The van der Waals surface area contributed by atoms with Gasteiger partial charge >= 0.3 is 11.6 Å². The van der Waals surface area contributed by atoms with Gasteiger partial charge in [0.2, 0.25) is 0 Å². The van der Waals surface area contributed by atoms with Crippen molar-refractivity contribution in [1.29, 1.82) is 0 Å². The number of hydrogen-bond donors (Lipinski definition) is 1. The first-order valence-electron chi connectivity index (χ1n) is 11.7. The number of rotatable bonds is 6. The highest BCUT2D eigenvalue weighted by Gasteiger charge is 2.38. The number of aromatic hydroxyl groups is 1. The first-order valence-corrected chi connectivity index (χ1v) is 11.7. The van der Waals surface area contributed by atoms with Crippen LogP contribution in [0.3, 0.4) is 0 Å². The lowest BCUT2D eigenvalue weighted by Gasteiger charge is -2.28. The van der Waals surface area contributed by atoms with Crippen LogP contribution in [0.4, 0.5) is 0 Å². The van der Waals surface area contributed by atoms with E-state index in [4.69, 9.17) is 13.9 Å². The third-order valence-electron chi connectivity index (χ3n) is 6.42. The second-order valence-electron chi connectivity index (χ2n) is 8.83. The number of Topliss-reactive ketones (excluding diaryl/α,β-unsaturated/α-hetero) is 1. The summed E-state index contributed by atoms with van der Waals surface area (Å²) in [4.78, 5) is 37.6. The minimum absolute atomic E-state index is 0.0546. The molecule has 0 saturated carbocycles. The average molecular weight is 485 g/mol. The number of esters is 1. The average Bonchev–Trinajstić information content (AvgIpc) is 2.84. The van der Waals surface area contributed by atoms with E-state index in [2.05, 4.69) is 0 Å². The van der Waals surface area contributed by atoms with Gasteiger partial charge in [0.25, 0.3) is 0 Å². The van der Waals surface area contributed by atoms with Crippen LogP contribution in [-0.2, 0) is 11.2 Å². The van der Waals surface area contributed by atoms with E-state index in [-0.39, 0.29) is 34.5 Å². The van der Waals surface area contributed by atoms with Crippen LogP contribution in [0.25, 0.3) is 11.0 Å². The van der Waals surface area contributed by atoms with Gasteiger partial charge in [-0.15, -0.1) is 0 Å². The van der Waals surface area contributed by atoms with Gasteiger partial charge in [0, 0.05) is 29.5 Å². The van der Waals surface area contributed by atoms with Crippen molar-refractivity contribution in [3.8, 4) is 17.2 Å². The van der Waals surface area contributed by atoms with E-state index in [0.29, 0.717) is 35.5 Å². The van der Waals surface area contributed by atoms with Gasteiger partial charge in [0.1, 0.15) is 22.6 Å². The fourth-order valence-corrected chi connectivity index (χ4v) is 4.83. The van der Waals surface area contributed by atoms with Crippen LogP contribution in [0, 0.1) is 6.92 Å². The maximum absolute atomic E-state index is 12.7. The molecule has 1 N–H and O–H groups in total. The molecule has 4 aromatic rings. The van der Waals surface area contributed by atoms with E-state index in [0.717, 1.165) is 5.56 Å². The predicted molar refractivity (Wildman–Crippen MR) is 133 cm³/mol. The number of ketones is 1. The quantitative estimate of drug-likeness (QED) is 0.176. The summed E-state index contributed by atoms with van der Waals surface area (Å²) < 4.78 is 17.2. The highest BCUT2D eigenvalue weighted by Crippen LogP contribution is 2.50. The Morgan fingerprint density at radius 1 is 1.08 bits per heavy atom. The summed E-state index contributed by atoms with van der Waals surface area (Å²) in [6.07, 6.45) is 0.638. The Kier molecular flexibility index (Phi) is 6.06. The highest BCUT2D eigenvalue weighted by molar-refractivity contribution is 6.09. The molecule has 0 radical (unpaired) electrons. The maximum Gasteiger partial charge on any atom is 0.336 e. The number of para-hydroxylation sites is 1. The Hall–Kier alpha value is -4.39. The Bertz CT molecular complexity index is 1550. The summed E-state index contributed by atoms with van der Waals surface area (Å²) in [5.41, 5.74) is 2.00. The normalized spacial score (nSPS) is 14.8. The van der Waals surface area contributed by atoms with E-state index in [1.807, 2.05) is 54.6 Å². The van der Waals surface area contributed by atoms with Crippen LogP contribution in [0.15, 0.2) is 69.9 Å². The van der Waals surface area contributed by atoms with Crippen molar-refractivity contribution in [1.82, 2.24) is 0 Å². The van der Waals surface area contributed by atoms with Gasteiger partial charge in [-0.1, -0.05) is 48.5 Å². The molecule has 0 saturated heterocycles. The zero-order valence-electron chi connectivity index (χ0n) is 19.9. The first-order chi connectivity index (χ1) is 17.3. The van der Waals surface area contributed by atoms with Crippen molar-refractivity contribution < 1.29 is 28.6 Å². The number of fused-ring (bicyclic) bond motifs is 3. The molecular formula is C29H24O7. The van der Waals surface area contributed by atoms with Gasteiger partial charge < -0.3 is 19.0 Å². The maximum atomic E-state index is 12.7. The summed E-state index contributed by atoms with van der Waals surface area (Å²) in [6.45, 7) is 3.35. The van der Waals surface area contributed by atoms with E-state index in [1.54, 1.807) is 6.92 Å². The summed E-state index contributed by atoms with van der Waals surface area (Å²) >= 11 is 0. The number of phenolic OH excluding ortho intramolecular Hbond substituents is 1. The number of hydrogen-bond acceptors (Lipinski definition) is 7. The molecule has 1 aliphatic rings. The molecule has 7 nitrogen and oxygen atoms in total. The Morgan fingerprint density at radius 3 is 2.56 bits per heavy atom. The number of aryl methyl sites for hydroxylation is 1. The topological polar surface area (TPSA) is 103 Å². The molecule has 5 rings (SSSR count). The molecule has 1 aliphatic heterocycles. The molecular weight excluding hydrogens is 460 g/mol. The van der Waals surface area contributed by atoms with Gasteiger partial charge in [-0.05, 0) is 31.0 Å². The Morgan fingerprint density at radius 2 is 1.81 bits per heavy atom. The van der Waals surface area contributed by atoms with E-state index < -0.39 is 23.3 Å². The molecule has 1 unspecified atom stereocenters. The minimum atomic E-state index is -0.625. The Balaban J connectivity index is 1.67. The monoisotopic (exact) mass is 484 g/mol.